The van der Waals surface area contributed by atoms with Crippen LogP contribution in [0, 0.1) is 17.1 Å². The molecule has 1 heterocycles. The van der Waals surface area contributed by atoms with Crippen LogP contribution in [0.25, 0.3) is 0 Å². The van der Waals surface area contributed by atoms with Crippen molar-refractivity contribution in [2.45, 2.75) is 22.6 Å². The third-order valence-corrected chi connectivity index (χ3v) is 3.73. The van der Waals surface area contributed by atoms with Crippen LogP contribution < -0.4 is 0 Å². The molecule has 3 nitrogen and oxygen atoms in total. The first-order chi connectivity index (χ1) is 8.21. The number of benzene rings is 1. The van der Waals surface area contributed by atoms with E-state index < -0.39 is 5.82 Å². The maximum Gasteiger partial charge on any atom is 0.174 e. The van der Waals surface area contributed by atoms with E-state index in [0.717, 1.165) is 16.6 Å². The van der Waals surface area contributed by atoms with Gasteiger partial charge in [-0.3, -0.25) is 0 Å². The maximum atomic E-state index is 13.2. The number of hydrogen-bond donors (Lipinski definition) is 0. The zero-order valence-electron chi connectivity index (χ0n) is 8.98. The molecule has 2 rings (SSSR count). The van der Waals surface area contributed by atoms with E-state index in [-0.39, 0.29) is 0 Å². The van der Waals surface area contributed by atoms with E-state index in [9.17, 15) is 4.39 Å². The van der Waals surface area contributed by atoms with Crippen molar-refractivity contribution in [2.75, 3.05) is 0 Å². The highest BCUT2D eigenvalue weighted by atomic mass is 32.2. The molecule has 1 aromatic heterocycles. The zero-order chi connectivity index (χ0) is 12.3. The number of aryl methyl sites for hydroxylation is 1. The van der Waals surface area contributed by atoms with Gasteiger partial charge >= 0.3 is 0 Å². The minimum atomic E-state index is -0.410. The lowest BCUT2D eigenvalue weighted by atomic mass is 10.2. The number of nitriles is 1. The van der Waals surface area contributed by atoms with E-state index in [0.29, 0.717) is 10.5 Å². The molecule has 0 atom stereocenters. The summed E-state index contributed by atoms with van der Waals surface area (Å²) in [4.78, 5) is 4.94. The van der Waals surface area contributed by atoms with Crippen molar-refractivity contribution in [3.63, 3.8) is 0 Å². The van der Waals surface area contributed by atoms with Gasteiger partial charge in [-0.15, -0.1) is 0 Å². The van der Waals surface area contributed by atoms with E-state index in [4.69, 9.17) is 5.26 Å². The summed E-state index contributed by atoms with van der Waals surface area (Å²) in [5.41, 5.74) is 0.313. The third kappa shape index (κ3) is 3.02. The van der Waals surface area contributed by atoms with Gasteiger partial charge in [0.1, 0.15) is 11.6 Å². The van der Waals surface area contributed by atoms with Crippen LogP contribution >= 0.6 is 23.3 Å². The fourth-order valence-corrected chi connectivity index (χ4v) is 2.97. The Morgan fingerprint density at radius 2 is 2.29 bits per heavy atom. The van der Waals surface area contributed by atoms with E-state index in [1.54, 1.807) is 6.07 Å². The first kappa shape index (κ1) is 12.0. The van der Waals surface area contributed by atoms with Gasteiger partial charge in [-0.05, 0) is 29.7 Å². The lowest BCUT2D eigenvalue weighted by Crippen LogP contribution is -1.83. The van der Waals surface area contributed by atoms with Crippen LogP contribution in [0.5, 0.6) is 0 Å². The molecule has 0 aliphatic heterocycles. The van der Waals surface area contributed by atoms with Gasteiger partial charge in [0.2, 0.25) is 0 Å². The van der Waals surface area contributed by atoms with E-state index in [1.165, 1.54) is 35.4 Å². The van der Waals surface area contributed by atoms with Crippen LogP contribution in [-0.4, -0.2) is 9.36 Å². The number of rotatable bonds is 3. The number of hydrogen-bond acceptors (Lipinski definition) is 5. The summed E-state index contributed by atoms with van der Waals surface area (Å²) in [5.74, 6) is 0.376. The van der Waals surface area contributed by atoms with Crippen molar-refractivity contribution in [2.24, 2.45) is 0 Å². The van der Waals surface area contributed by atoms with Crippen molar-refractivity contribution < 1.29 is 4.39 Å². The highest BCUT2D eigenvalue weighted by molar-refractivity contribution is 8.01. The van der Waals surface area contributed by atoms with Crippen molar-refractivity contribution in [1.82, 2.24) is 9.36 Å². The molecule has 86 valence electrons. The summed E-state index contributed by atoms with van der Waals surface area (Å²) in [6, 6.07) is 6.16. The van der Waals surface area contributed by atoms with Crippen LogP contribution in [0.3, 0.4) is 0 Å². The Bertz CT molecular complexity index is 574. The Labute approximate surface area is 106 Å². The SMILES string of the molecule is CCc1nsc(Sc2cc(F)cc(C#N)c2)n1. The quantitative estimate of drug-likeness (QED) is 0.854. The Balaban J connectivity index is 2.24. The molecule has 2 aromatic rings. The molecule has 0 amide bonds. The molecule has 0 bridgehead atoms. The molecular weight excluding hydrogens is 257 g/mol. The molecule has 0 fully saturated rings. The minimum absolute atomic E-state index is 0.313. The summed E-state index contributed by atoms with van der Waals surface area (Å²) >= 11 is 2.61. The highest BCUT2D eigenvalue weighted by Crippen LogP contribution is 2.30. The Hall–Kier alpha value is -1.45. The third-order valence-electron chi connectivity index (χ3n) is 1.97. The topological polar surface area (TPSA) is 49.6 Å². The Morgan fingerprint density at radius 1 is 1.47 bits per heavy atom. The first-order valence-corrected chi connectivity index (χ1v) is 6.51. The smallest absolute Gasteiger partial charge is 0.174 e. The summed E-state index contributed by atoms with van der Waals surface area (Å²) in [5, 5.41) is 8.74. The minimum Gasteiger partial charge on any atom is -0.213 e. The lowest BCUT2D eigenvalue weighted by molar-refractivity contribution is 0.623. The van der Waals surface area contributed by atoms with Crippen LogP contribution in [0.15, 0.2) is 27.4 Å². The van der Waals surface area contributed by atoms with E-state index in [2.05, 4.69) is 9.36 Å². The summed E-state index contributed by atoms with van der Waals surface area (Å²) in [6.45, 7) is 1.98. The molecule has 1 aromatic carbocycles. The average Bonchev–Trinajstić information content (AvgIpc) is 2.76. The zero-order valence-corrected chi connectivity index (χ0v) is 10.6. The van der Waals surface area contributed by atoms with Gasteiger partial charge in [0, 0.05) is 11.3 Å². The number of halogens is 1. The molecule has 17 heavy (non-hydrogen) atoms. The molecule has 0 aliphatic carbocycles. The van der Waals surface area contributed by atoms with Crippen LogP contribution in [0.4, 0.5) is 4.39 Å². The predicted octanol–water partition coefficient (Wildman–Crippen LogP) is 3.26. The molecular formula is C11H8FN3S2. The monoisotopic (exact) mass is 265 g/mol. The van der Waals surface area contributed by atoms with Crippen LogP contribution in [0.1, 0.15) is 18.3 Å². The second-order valence-corrected chi connectivity index (χ2v) is 5.29. The number of nitrogens with zero attached hydrogens (tertiary/aromatic N) is 3. The largest absolute Gasteiger partial charge is 0.213 e. The second-order valence-electron chi connectivity index (χ2n) is 3.22. The van der Waals surface area contributed by atoms with E-state index >= 15 is 0 Å². The second kappa shape index (κ2) is 5.25. The first-order valence-electron chi connectivity index (χ1n) is 4.92. The van der Waals surface area contributed by atoms with Gasteiger partial charge in [0.05, 0.1) is 11.6 Å². The fraction of sp³-hybridized carbons (Fsp3) is 0.182. The lowest BCUT2D eigenvalue weighted by Gasteiger charge is -1.98. The molecule has 6 heteroatoms. The average molecular weight is 265 g/mol. The summed E-state index contributed by atoms with van der Waals surface area (Å²) < 4.78 is 18.1. The van der Waals surface area contributed by atoms with Gasteiger partial charge in [0.15, 0.2) is 4.34 Å². The Kier molecular flexibility index (Phi) is 3.71. The standard InChI is InChI=1S/C11H8FN3S2/c1-2-10-14-11(17-15-10)16-9-4-7(6-13)3-8(12)5-9/h3-5H,2H2,1H3. The normalized spacial score (nSPS) is 10.2. The molecule has 0 radical (unpaired) electrons. The van der Waals surface area contributed by atoms with Crippen molar-refractivity contribution in [3.8, 4) is 6.07 Å². The van der Waals surface area contributed by atoms with Crippen LogP contribution in [-0.2, 0) is 6.42 Å². The summed E-state index contributed by atoms with van der Waals surface area (Å²) in [6.07, 6.45) is 0.781. The molecule has 0 saturated carbocycles. The van der Waals surface area contributed by atoms with Gasteiger partial charge in [-0.25, -0.2) is 9.37 Å². The molecule has 0 spiro atoms. The van der Waals surface area contributed by atoms with Gasteiger partial charge in [-0.1, -0.05) is 18.7 Å². The predicted molar refractivity (Wildman–Crippen MR) is 64.5 cm³/mol. The van der Waals surface area contributed by atoms with Crippen molar-refractivity contribution in [1.29, 1.82) is 5.26 Å². The Morgan fingerprint density at radius 3 is 2.94 bits per heavy atom. The maximum absolute atomic E-state index is 13.2. The van der Waals surface area contributed by atoms with Crippen molar-refractivity contribution in [3.05, 3.63) is 35.4 Å². The van der Waals surface area contributed by atoms with Gasteiger partial charge in [-0.2, -0.15) is 9.64 Å². The summed E-state index contributed by atoms with van der Waals surface area (Å²) in [7, 11) is 0. The number of aromatic nitrogens is 2. The van der Waals surface area contributed by atoms with Gasteiger partial charge in [0.25, 0.3) is 0 Å². The highest BCUT2D eigenvalue weighted by Gasteiger charge is 2.07. The van der Waals surface area contributed by atoms with Gasteiger partial charge < -0.3 is 0 Å². The molecule has 0 N–H and O–H groups in total. The molecule has 0 unspecified atom stereocenters. The van der Waals surface area contributed by atoms with Crippen LogP contribution in [0.2, 0.25) is 0 Å². The molecule has 0 aliphatic rings. The van der Waals surface area contributed by atoms with Crippen molar-refractivity contribution >= 4 is 23.3 Å². The molecule has 0 saturated heterocycles. The van der Waals surface area contributed by atoms with E-state index in [1.807, 2.05) is 13.0 Å². The fourth-order valence-electron chi connectivity index (χ4n) is 1.21.